The maximum atomic E-state index is 6.30. The van der Waals surface area contributed by atoms with Gasteiger partial charge in [0.15, 0.2) is 0 Å². The quantitative estimate of drug-likeness (QED) is 0.524. The number of hydrogen-bond donors (Lipinski definition) is 0. The molecular weight excluding hydrogens is 371 g/mol. The van der Waals surface area contributed by atoms with Crippen molar-refractivity contribution in [3.8, 4) is 11.5 Å². The first kappa shape index (κ1) is 18.6. The predicted octanol–water partition coefficient (Wildman–Crippen LogP) is 5.28. The maximum absolute atomic E-state index is 6.30. The minimum absolute atomic E-state index is 0.0653. The second-order valence-electron chi connectivity index (χ2n) is 5.96. The van der Waals surface area contributed by atoms with Gasteiger partial charge in [-0.3, -0.25) is 0 Å². The van der Waals surface area contributed by atoms with E-state index in [-0.39, 0.29) is 6.10 Å². The van der Waals surface area contributed by atoms with E-state index in [4.69, 9.17) is 32.7 Å². The zero-order valence-electron chi connectivity index (χ0n) is 14.4. The largest absolute Gasteiger partial charge is 0.497 e. The fourth-order valence-corrected chi connectivity index (χ4v) is 2.96. The van der Waals surface area contributed by atoms with Gasteiger partial charge in [-0.15, -0.1) is 0 Å². The monoisotopic (exact) mass is 390 g/mol. The number of hydrogen-bond acceptors (Lipinski definition) is 3. The number of ether oxygens (including phenoxy) is 2. The molecule has 3 rings (SSSR count). The van der Waals surface area contributed by atoms with E-state index in [0.29, 0.717) is 23.1 Å². The van der Waals surface area contributed by atoms with Crippen molar-refractivity contribution in [1.82, 2.24) is 9.55 Å². The Hall–Kier alpha value is -2.17. The van der Waals surface area contributed by atoms with E-state index in [2.05, 4.69) is 4.98 Å². The van der Waals surface area contributed by atoms with Gasteiger partial charge in [0.25, 0.3) is 0 Å². The van der Waals surface area contributed by atoms with Gasteiger partial charge in [-0.1, -0.05) is 35.3 Å². The van der Waals surface area contributed by atoms with E-state index in [9.17, 15) is 0 Å². The van der Waals surface area contributed by atoms with Gasteiger partial charge in [-0.25, -0.2) is 4.98 Å². The Bertz CT molecular complexity index is 820. The fourth-order valence-electron chi connectivity index (χ4n) is 2.68. The first-order valence-electron chi connectivity index (χ1n) is 8.34. The number of imidazole rings is 1. The molecule has 1 atom stereocenters. The van der Waals surface area contributed by atoms with Crippen LogP contribution in [0, 0.1) is 0 Å². The molecule has 26 heavy (non-hydrogen) atoms. The van der Waals surface area contributed by atoms with Crippen LogP contribution in [0.1, 0.15) is 12.0 Å². The Morgan fingerprint density at radius 2 is 1.92 bits per heavy atom. The van der Waals surface area contributed by atoms with Crippen molar-refractivity contribution in [2.75, 3.05) is 7.11 Å². The van der Waals surface area contributed by atoms with Crippen molar-refractivity contribution in [1.29, 1.82) is 0 Å². The number of rotatable bonds is 8. The minimum Gasteiger partial charge on any atom is -0.497 e. The molecule has 2 aromatic carbocycles. The van der Waals surface area contributed by atoms with Crippen molar-refractivity contribution >= 4 is 23.2 Å². The van der Waals surface area contributed by atoms with Gasteiger partial charge in [0, 0.05) is 23.5 Å². The van der Waals surface area contributed by atoms with E-state index < -0.39 is 0 Å². The van der Waals surface area contributed by atoms with E-state index >= 15 is 0 Å². The van der Waals surface area contributed by atoms with Crippen LogP contribution < -0.4 is 9.47 Å². The van der Waals surface area contributed by atoms with Crippen LogP contribution in [0.4, 0.5) is 0 Å². The third-order valence-corrected chi connectivity index (χ3v) is 4.64. The number of halogens is 2. The Morgan fingerprint density at radius 1 is 1.12 bits per heavy atom. The average Bonchev–Trinajstić information content (AvgIpc) is 3.16. The van der Waals surface area contributed by atoms with Gasteiger partial charge in [0.1, 0.15) is 17.6 Å². The summed E-state index contributed by atoms with van der Waals surface area (Å²) in [7, 11) is 1.62. The van der Waals surface area contributed by atoms with Gasteiger partial charge >= 0.3 is 0 Å². The molecule has 0 saturated carbocycles. The zero-order valence-corrected chi connectivity index (χ0v) is 16.0. The van der Waals surface area contributed by atoms with E-state index in [1.165, 1.54) is 5.56 Å². The maximum Gasteiger partial charge on any atom is 0.142 e. The highest BCUT2D eigenvalue weighted by atomic mass is 35.5. The Morgan fingerprint density at radius 3 is 2.62 bits per heavy atom. The Balaban J connectivity index is 1.73. The standard InChI is InChI=1S/C20H20Cl2N2O2/c1-25-17-8-9-19(22)20(12-17)26-18(13-24-11-10-23-14-24)7-4-15-2-5-16(21)6-3-15/h2-3,5-6,8-12,14,18H,4,7,13H2,1H3. The topological polar surface area (TPSA) is 36.3 Å². The molecule has 0 spiro atoms. The molecule has 0 fully saturated rings. The molecule has 1 aromatic heterocycles. The molecule has 4 nitrogen and oxygen atoms in total. The van der Waals surface area contributed by atoms with Crippen LogP contribution in [0.3, 0.4) is 0 Å². The summed E-state index contributed by atoms with van der Waals surface area (Å²) in [6.45, 7) is 0.682. The third-order valence-electron chi connectivity index (χ3n) is 4.07. The van der Waals surface area contributed by atoms with E-state index in [1.807, 2.05) is 47.2 Å². The third kappa shape index (κ3) is 5.16. The zero-order chi connectivity index (χ0) is 18.4. The van der Waals surface area contributed by atoms with Crippen LogP contribution in [0.25, 0.3) is 0 Å². The summed E-state index contributed by atoms with van der Waals surface area (Å²) in [5, 5.41) is 1.30. The molecule has 0 amide bonds. The molecule has 0 N–H and O–H groups in total. The smallest absolute Gasteiger partial charge is 0.142 e. The number of benzene rings is 2. The Labute approximate surface area is 163 Å². The van der Waals surface area contributed by atoms with Crippen molar-refractivity contribution in [3.63, 3.8) is 0 Å². The van der Waals surface area contributed by atoms with Crippen LogP contribution in [0.2, 0.25) is 10.0 Å². The van der Waals surface area contributed by atoms with Crippen molar-refractivity contribution < 1.29 is 9.47 Å². The molecule has 1 heterocycles. The highest BCUT2D eigenvalue weighted by Gasteiger charge is 2.15. The van der Waals surface area contributed by atoms with Gasteiger partial charge in [-0.2, -0.15) is 0 Å². The summed E-state index contributed by atoms with van der Waals surface area (Å²) in [5.74, 6) is 1.33. The molecule has 0 aliphatic carbocycles. The van der Waals surface area contributed by atoms with Crippen molar-refractivity contribution in [3.05, 3.63) is 76.8 Å². The minimum atomic E-state index is -0.0653. The van der Waals surface area contributed by atoms with Crippen molar-refractivity contribution in [2.24, 2.45) is 0 Å². The van der Waals surface area contributed by atoms with Crippen LogP contribution >= 0.6 is 23.2 Å². The normalized spacial score (nSPS) is 12.0. The van der Waals surface area contributed by atoms with Crippen LogP contribution in [0.5, 0.6) is 11.5 Å². The first-order valence-corrected chi connectivity index (χ1v) is 9.10. The number of aryl methyl sites for hydroxylation is 1. The van der Waals surface area contributed by atoms with Crippen LogP contribution in [-0.2, 0) is 13.0 Å². The number of methoxy groups -OCH3 is 1. The molecule has 136 valence electrons. The average molecular weight is 391 g/mol. The number of nitrogens with zero attached hydrogens (tertiary/aromatic N) is 2. The van der Waals surface area contributed by atoms with Gasteiger partial charge in [0.05, 0.1) is 25.0 Å². The molecule has 0 bridgehead atoms. The summed E-state index contributed by atoms with van der Waals surface area (Å²) in [6, 6.07) is 13.3. The predicted molar refractivity (Wildman–Crippen MR) is 104 cm³/mol. The summed E-state index contributed by atoms with van der Waals surface area (Å²) in [4.78, 5) is 4.10. The highest BCUT2D eigenvalue weighted by Crippen LogP contribution is 2.30. The lowest BCUT2D eigenvalue weighted by Gasteiger charge is -2.21. The first-order chi connectivity index (χ1) is 12.6. The molecule has 0 saturated heterocycles. The fraction of sp³-hybridized carbons (Fsp3) is 0.250. The summed E-state index contributed by atoms with van der Waals surface area (Å²) >= 11 is 12.3. The second-order valence-corrected chi connectivity index (χ2v) is 6.80. The number of aromatic nitrogens is 2. The summed E-state index contributed by atoms with van der Waals surface area (Å²) in [6.07, 6.45) is 7.10. The Kier molecular flexibility index (Phi) is 6.42. The second kappa shape index (κ2) is 8.97. The molecular formula is C20H20Cl2N2O2. The van der Waals surface area contributed by atoms with Crippen LogP contribution in [-0.4, -0.2) is 22.8 Å². The van der Waals surface area contributed by atoms with E-state index in [0.717, 1.165) is 17.9 Å². The molecule has 6 heteroatoms. The van der Waals surface area contributed by atoms with Gasteiger partial charge in [0.2, 0.25) is 0 Å². The SMILES string of the molecule is COc1ccc(Cl)c(OC(CCc2ccc(Cl)cc2)Cn2ccnc2)c1. The highest BCUT2D eigenvalue weighted by molar-refractivity contribution is 6.32. The van der Waals surface area contributed by atoms with Gasteiger partial charge in [-0.05, 0) is 42.7 Å². The summed E-state index contributed by atoms with van der Waals surface area (Å²) < 4.78 is 13.5. The summed E-state index contributed by atoms with van der Waals surface area (Å²) in [5.41, 5.74) is 1.21. The molecule has 0 aliphatic rings. The lowest BCUT2D eigenvalue weighted by Crippen LogP contribution is -2.23. The molecule has 1 unspecified atom stereocenters. The molecule has 0 radical (unpaired) electrons. The van der Waals surface area contributed by atoms with E-state index in [1.54, 1.807) is 25.7 Å². The van der Waals surface area contributed by atoms with Crippen molar-refractivity contribution in [2.45, 2.75) is 25.5 Å². The lowest BCUT2D eigenvalue weighted by molar-refractivity contribution is 0.170. The molecule has 0 aliphatic heterocycles. The van der Waals surface area contributed by atoms with Crippen LogP contribution in [0.15, 0.2) is 61.2 Å². The molecule has 3 aromatic rings. The lowest BCUT2D eigenvalue weighted by atomic mass is 10.1. The van der Waals surface area contributed by atoms with Gasteiger partial charge < -0.3 is 14.0 Å².